The van der Waals surface area contributed by atoms with E-state index in [1.165, 1.54) is 22.6 Å². The predicted octanol–water partition coefficient (Wildman–Crippen LogP) is 4.29. The number of aryl methyl sites for hydroxylation is 1. The quantitative estimate of drug-likeness (QED) is 0.689. The number of furan rings is 1. The number of anilines is 2. The van der Waals surface area contributed by atoms with E-state index in [-0.39, 0.29) is 5.91 Å². The van der Waals surface area contributed by atoms with Gasteiger partial charge in [-0.1, -0.05) is 36.5 Å². The van der Waals surface area contributed by atoms with Crippen LogP contribution in [0.3, 0.4) is 0 Å². The standard InChI is InChI=1S/C20H22N4O2S/c1-3-6-18-22-23-20(27-18)21-19(25)15-9-10-26-17(15)12-24-13(2)11-14-7-4-5-8-16(14)24/h4-5,7-10,13H,3,6,11-12H2,1-2H3,(H,21,23,25). The van der Waals surface area contributed by atoms with Gasteiger partial charge >= 0.3 is 0 Å². The topological polar surface area (TPSA) is 71.3 Å². The molecule has 6 nitrogen and oxygen atoms in total. The largest absolute Gasteiger partial charge is 0.467 e. The van der Waals surface area contributed by atoms with Crippen molar-refractivity contribution in [3.8, 4) is 0 Å². The van der Waals surface area contributed by atoms with Crippen molar-refractivity contribution in [3.05, 3.63) is 58.5 Å². The van der Waals surface area contributed by atoms with Crippen LogP contribution in [0.25, 0.3) is 0 Å². The van der Waals surface area contributed by atoms with E-state index in [1.54, 1.807) is 12.3 Å². The second kappa shape index (κ2) is 7.52. The molecular formula is C20H22N4O2S. The molecule has 27 heavy (non-hydrogen) atoms. The van der Waals surface area contributed by atoms with Gasteiger partial charge in [0.15, 0.2) is 0 Å². The monoisotopic (exact) mass is 382 g/mol. The minimum absolute atomic E-state index is 0.210. The van der Waals surface area contributed by atoms with Crippen LogP contribution in [0, 0.1) is 0 Å². The lowest BCUT2D eigenvalue weighted by Crippen LogP contribution is -2.29. The molecule has 1 unspecified atom stereocenters. The maximum absolute atomic E-state index is 12.7. The number of carbonyl (C=O) groups is 1. The molecule has 3 heterocycles. The van der Waals surface area contributed by atoms with Crippen molar-refractivity contribution in [2.45, 2.75) is 45.7 Å². The highest BCUT2D eigenvalue weighted by atomic mass is 32.1. The Morgan fingerprint density at radius 2 is 2.19 bits per heavy atom. The van der Waals surface area contributed by atoms with Gasteiger partial charge < -0.3 is 9.32 Å². The molecule has 1 aromatic carbocycles. The molecule has 1 aliphatic rings. The zero-order valence-electron chi connectivity index (χ0n) is 15.4. The summed E-state index contributed by atoms with van der Waals surface area (Å²) in [6.07, 6.45) is 4.45. The highest BCUT2D eigenvalue weighted by Gasteiger charge is 2.28. The van der Waals surface area contributed by atoms with Gasteiger partial charge in [-0.15, -0.1) is 10.2 Å². The molecule has 1 aliphatic heterocycles. The first-order valence-corrected chi connectivity index (χ1v) is 10.0. The van der Waals surface area contributed by atoms with Crippen LogP contribution in [0.4, 0.5) is 10.8 Å². The molecule has 2 aromatic heterocycles. The third-order valence-corrected chi connectivity index (χ3v) is 5.70. The Labute approximate surface area is 162 Å². The van der Waals surface area contributed by atoms with Crippen LogP contribution in [0.1, 0.15) is 47.0 Å². The van der Waals surface area contributed by atoms with Crippen LogP contribution in [0.5, 0.6) is 0 Å². The number of nitrogens with zero attached hydrogens (tertiary/aromatic N) is 3. The Morgan fingerprint density at radius 1 is 1.33 bits per heavy atom. The van der Waals surface area contributed by atoms with Gasteiger partial charge in [-0.25, -0.2) is 0 Å². The summed E-state index contributed by atoms with van der Waals surface area (Å²) in [7, 11) is 0. The number of nitrogens with one attached hydrogen (secondary N) is 1. The Kier molecular flexibility index (Phi) is 4.94. The number of hydrogen-bond acceptors (Lipinski definition) is 6. The molecule has 1 amide bonds. The van der Waals surface area contributed by atoms with Crippen LogP contribution in [0.2, 0.25) is 0 Å². The fourth-order valence-electron chi connectivity index (χ4n) is 3.47. The number of amides is 1. The van der Waals surface area contributed by atoms with Crippen LogP contribution >= 0.6 is 11.3 Å². The van der Waals surface area contributed by atoms with Crippen molar-refractivity contribution in [1.29, 1.82) is 0 Å². The fourth-order valence-corrected chi connectivity index (χ4v) is 4.31. The first kappa shape index (κ1) is 17.7. The van der Waals surface area contributed by atoms with Crippen LogP contribution in [-0.4, -0.2) is 22.1 Å². The number of benzene rings is 1. The molecule has 0 aliphatic carbocycles. The van der Waals surface area contributed by atoms with Gasteiger partial charge in [-0.3, -0.25) is 10.1 Å². The first-order valence-electron chi connectivity index (χ1n) is 9.20. The summed E-state index contributed by atoms with van der Waals surface area (Å²) in [5.41, 5.74) is 3.08. The summed E-state index contributed by atoms with van der Waals surface area (Å²) in [6.45, 7) is 4.85. The molecule has 1 N–H and O–H groups in total. The van der Waals surface area contributed by atoms with Crippen molar-refractivity contribution in [2.75, 3.05) is 10.2 Å². The molecule has 140 valence electrons. The molecular weight excluding hydrogens is 360 g/mol. The lowest BCUT2D eigenvalue weighted by Gasteiger charge is -2.24. The van der Waals surface area contributed by atoms with E-state index >= 15 is 0 Å². The Hall–Kier alpha value is -2.67. The highest BCUT2D eigenvalue weighted by Crippen LogP contribution is 2.33. The summed E-state index contributed by atoms with van der Waals surface area (Å²) in [5.74, 6) is 0.451. The number of aromatic nitrogens is 2. The smallest absolute Gasteiger partial charge is 0.261 e. The minimum atomic E-state index is -0.210. The molecule has 0 radical (unpaired) electrons. The molecule has 0 bridgehead atoms. The molecule has 0 saturated heterocycles. The van der Waals surface area contributed by atoms with Crippen molar-refractivity contribution >= 4 is 28.1 Å². The van der Waals surface area contributed by atoms with E-state index < -0.39 is 0 Å². The Bertz CT molecular complexity index is 949. The third-order valence-electron chi connectivity index (χ3n) is 4.80. The molecule has 0 spiro atoms. The van der Waals surface area contributed by atoms with Crippen molar-refractivity contribution in [3.63, 3.8) is 0 Å². The van der Waals surface area contributed by atoms with Crippen molar-refractivity contribution in [2.24, 2.45) is 0 Å². The van der Waals surface area contributed by atoms with Gasteiger partial charge in [0.25, 0.3) is 5.91 Å². The van der Waals surface area contributed by atoms with Gasteiger partial charge in [-0.05, 0) is 37.5 Å². The highest BCUT2D eigenvalue weighted by molar-refractivity contribution is 7.15. The molecule has 4 rings (SSSR count). The van der Waals surface area contributed by atoms with Crippen molar-refractivity contribution < 1.29 is 9.21 Å². The number of carbonyl (C=O) groups excluding carboxylic acids is 1. The van der Waals surface area contributed by atoms with E-state index in [4.69, 9.17) is 4.42 Å². The van der Waals surface area contributed by atoms with E-state index in [9.17, 15) is 4.79 Å². The lowest BCUT2D eigenvalue weighted by atomic mass is 10.1. The molecule has 1 atom stereocenters. The van der Waals surface area contributed by atoms with Crippen molar-refractivity contribution in [1.82, 2.24) is 10.2 Å². The normalized spacial score (nSPS) is 15.8. The molecule has 3 aromatic rings. The second-order valence-electron chi connectivity index (χ2n) is 6.77. The minimum Gasteiger partial charge on any atom is -0.467 e. The zero-order chi connectivity index (χ0) is 18.8. The van der Waals surface area contributed by atoms with Crippen LogP contribution in [0.15, 0.2) is 41.0 Å². The van der Waals surface area contributed by atoms with Crippen LogP contribution < -0.4 is 10.2 Å². The predicted molar refractivity (Wildman–Crippen MR) is 106 cm³/mol. The second-order valence-corrected chi connectivity index (χ2v) is 7.83. The first-order chi connectivity index (χ1) is 13.2. The van der Waals surface area contributed by atoms with Crippen LogP contribution in [-0.2, 0) is 19.4 Å². The maximum Gasteiger partial charge on any atom is 0.261 e. The molecule has 0 saturated carbocycles. The Morgan fingerprint density at radius 3 is 3.04 bits per heavy atom. The van der Waals surface area contributed by atoms with Gasteiger partial charge in [0, 0.05) is 18.2 Å². The van der Waals surface area contributed by atoms with E-state index in [2.05, 4.69) is 52.5 Å². The average Bonchev–Trinajstić information content (AvgIpc) is 3.36. The third kappa shape index (κ3) is 3.60. The van der Waals surface area contributed by atoms with E-state index in [0.717, 1.165) is 24.3 Å². The zero-order valence-corrected chi connectivity index (χ0v) is 16.3. The Balaban J connectivity index is 1.50. The lowest BCUT2D eigenvalue weighted by molar-refractivity contribution is 0.102. The summed E-state index contributed by atoms with van der Waals surface area (Å²) >= 11 is 1.42. The molecule has 0 fully saturated rings. The fraction of sp³-hybridized carbons (Fsp3) is 0.350. The average molecular weight is 382 g/mol. The number of hydrogen-bond donors (Lipinski definition) is 1. The van der Waals surface area contributed by atoms with Gasteiger partial charge in [0.2, 0.25) is 5.13 Å². The number of rotatable bonds is 6. The molecule has 7 heteroatoms. The van der Waals surface area contributed by atoms with Gasteiger partial charge in [-0.2, -0.15) is 0 Å². The van der Waals surface area contributed by atoms with E-state index in [0.29, 0.717) is 29.0 Å². The summed E-state index contributed by atoms with van der Waals surface area (Å²) < 4.78 is 5.66. The maximum atomic E-state index is 12.7. The number of fused-ring (bicyclic) bond motifs is 1. The summed E-state index contributed by atoms with van der Waals surface area (Å²) in [6, 6.07) is 10.5. The van der Waals surface area contributed by atoms with Gasteiger partial charge in [0.05, 0.1) is 18.4 Å². The summed E-state index contributed by atoms with van der Waals surface area (Å²) in [4.78, 5) is 15.0. The van der Waals surface area contributed by atoms with Gasteiger partial charge in [0.1, 0.15) is 10.8 Å². The summed E-state index contributed by atoms with van der Waals surface area (Å²) in [5, 5.41) is 12.5. The number of para-hydroxylation sites is 1. The SMILES string of the molecule is CCCc1nnc(NC(=O)c2ccoc2CN2c3ccccc3CC2C)s1. The van der Waals surface area contributed by atoms with E-state index in [1.807, 2.05) is 6.07 Å².